The molecule has 0 aliphatic carbocycles. The number of nitrogens with zero attached hydrogens (tertiary/aromatic N) is 1. The summed E-state index contributed by atoms with van der Waals surface area (Å²) in [5, 5.41) is 20.5. The summed E-state index contributed by atoms with van der Waals surface area (Å²) in [6.07, 6.45) is 0. The number of amides is 1. The van der Waals surface area contributed by atoms with Crippen LogP contribution in [0.5, 0.6) is 0 Å². The number of aliphatic hydroxyl groups excluding tert-OH is 1. The molecule has 1 aromatic rings. The van der Waals surface area contributed by atoms with Gasteiger partial charge in [-0.3, -0.25) is 4.79 Å². The van der Waals surface area contributed by atoms with Crippen LogP contribution in [0.15, 0.2) is 24.3 Å². The van der Waals surface area contributed by atoms with Crippen LogP contribution in [0.4, 0.5) is 0 Å². The Bertz CT molecular complexity index is 437. The number of aliphatic hydroxyl groups is 1. The Morgan fingerprint density at radius 3 is 2.82 bits per heavy atom. The lowest BCUT2D eigenvalue weighted by Crippen LogP contribution is -2.38. The molecule has 0 aliphatic heterocycles. The second kappa shape index (κ2) is 6.02. The van der Waals surface area contributed by atoms with Gasteiger partial charge in [-0.1, -0.05) is 13.0 Å². The number of rotatable bonds is 4. The summed E-state index contributed by atoms with van der Waals surface area (Å²) in [6.45, 7) is 3.73. The fourth-order valence-electron chi connectivity index (χ4n) is 1.32. The quantitative estimate of drug-likeness (QED) is 0.822. The van der Waals surface area contributed by atoms with Crippen molar-refractivity contribution < 1.29 is 9.90 Å². The largest absolute Gasteiger partial charge is 0.396 e. The molecule has 90 valence electrons. The maximum absolute atomic E-state index is 11.8. The fourth-order valence-corrected chi connectivity index (χ4v) is 1.32. The van der Waals surface area contributed by atoms with Gasteiger partial charge in [-0.15, -0.1) is 0 Å². The molecule has 1 aromatic carbocycles. The van der Waals surface area contributed by atoms with E-state index in [0.29, 0.717) is 11.1 Å². The molecule has 0 saturated carbocycles. The number of benzene rings is 1. The van der Waals surface area contributed by atoms with Crippen molar-refractivity contribution in [2.75, 3.05) is 6.61 Å². The van der Waals surface area contributed by atoms with E-state index in [9.17, 15) is 4.79 Å². The Morgan fingerprint density at radius 1 is 1.53 bits per heavy atom. The number of carbonyl (C=O) groups is 1. The van der Waals surface area contributed by atoms with Crippen LogP contribution in [0.25, 0.3) is 0 Å². The fraction of sp³-hybridized carbons (Fsp3) is 0.385. The first-order valence-electron chi connectivity index (χ1n) is 5.50. The summed E-state index contributed by atoms with van der Waals surface area (Å²) >= 11 is 0. The Balaban J connectivity index is 2.73. The van der Waals surface area contributed by atoms with Crippen molar-refractivity contribution in [3.05, 3.63) is 35.4 Å². The van der Waals surface area contributed by atoms with Crippen molar-refractivity contribution in [1.29, 1.82) is 5.26 Å². The molecule has 0 fully saturated rings. The highest BCUT2D eigenvalue weighted by molar-refractivity contribution is 5.94. The van der Waals surface area contributed by atoms with E-state index in [1.54, 1.807) is 24.3 Å². The number of hydrogen-bond acceptors (Lipinski definition) is 3. The lowest BCUT2D eigenvalue weighted by atomic mass is 10.0. The number of nitriles is 1. The minimum Gasteiger partial charge on any atom is -0.396 e. The summed E-state index contributed by atoms with van der Waals surface area (Å²) in [6, 6.07) is 8.41. The van der Waals surface area contributed by atoms with Gasteiger partial charge in [0.05, 0.1) is 11.6 Å². The predicted octanol–water partition coefficient (Wildman–Crippen LogP) is 1.30. The molecule has 0 aliphatic rings. The Hall–Kier alpha value is -1.86. The van der Waals surface area contributed by atoms with Gasteiger partial charge >= 0.3 is 0 Å². The zero-order valence-corrected chi connectivity index (χ0v) is 9.97. The van der Waals surface area contributed by atoms with Crippen LogP contribution < -0.4 is 5.32 Å². The van der Waals surface area contributed by atoms with Crippen LogP contribution in [0.2, 0.25) is 0 Å². The van der Waals surface area contributed by atoms with Crippen LogP contribution >= 0.6 is 0 Å². The Morgan fingerprint density at radius 2 is 2.24 bits per heavy atom. The van der Waals surface area contributed by atoms with Gasteiger partial charge in [-0.05, 0) is 31.0 Å². The number of carbonyl (C=O) groups excluding carboxylic acids is 1. The second-order valence-corrected chi connectivity index (χ2v) is 4.11. The average molecular weight is 232 g/mol. The van der Waals surface area contributed by atoms with E-state index in [1.807, 2.05) is 19.9 Å². The molecule has 0 aromatic heterocycles. The molecule has 2 atom stereocenters. The van der Waals surface area contributed by atoms with Crippen LogP contribution in [0.1, 0.15) is 29.8 Å². The van der Waals surface area contributed by atoms with Crippen molar-refractivity contribution >= 4 is 5.91 Å². The van der Waals surface area contributed by atoms with E-state index in [4.69, 9.17) is 10.4 Å². The molecular formula is C13H16N2O2. The minimum absolute atomic E-state index is 0.00176. The van der Waals surface area contributed by atoms with E-state index < -0.39 is 0 Å². The average Bonchev–Trinajstić information content (AvgIpc) is 2.37. The van der Waals surface area contributed by atoms with E-state index in [2.05, 4.69) is 5.32 Å². The van der Waals surface area contributed by atoms with Gasteiger partial charge in [-0.25, -0.2) is 0 Å². The van der Waals surface area contributed by atoms with E-state index >= 15 is 0 Å². The highest BCUT2D eigenvalue weighted by Gasteiger charge is 2.15. The number of hydrogen-bond donors (Lipinski definition) is 2. The Labute approximate surface area is 101 Å². The van der Waals surface area contributed by atoms with Crippen LogP contribution in [-0.4, -0.2) is 23.7 Å². The van der Waals surface area contributed by atoms with Gasteiger partial charge in [0.25, 0.3) is 5.91 Å². The normalized spacial score (nSPS) is 13.5. The molecule has 4 nitrogen and oxygen atoms in total. The van der Waals surface area contributed by atoms with Gasteiger partial charge < -0.3 is 10.4 Å². The van der Waals surface area contributed by atoms with Gasteiger partial charge in [0.2, 0.25) is 0 Å². The topological polar surface area (TPSA) is 73.1 Å². The van der Waals surface area contributed by atoms with Crippen molar-refractivity contribution in [1.82, 2.24) is 5.32 Å². The first-order chi connectivity index (χ1) is 8.08. The standard InChI is InChI=1S/C13H16N2O2/c1-9(8-16)10(2)15-13(17)12-5-3-4-11(6-12)7-14/h3-6,9-10,16H,8H2,1-2H3,(H,15,17). The van der Waals surface area contributed by atoms with Crippen LogP contribution in [0, 0.1) is 17.2 Å². The molecule has 4 heteroatoms. The lowest BCUT2D eigenvalue weighted by Gasteiger charge is -2.19. The van der Waals surface area contributed by atoms with Crippen molar-refractivity contribution in [2.24, 2.45) is 5.92 Å². The second-order valence-electron chi connectivity index (χ2n) is 4.11. The van der Waals surface area contributed by atoms with Crippen LogP contribution in [-0.2, 0) is 0 Å². The third-order valence-electron chi connectivity index (χ3n) is 2.75. The van der Waals surface area contributed by atoms with Crippen molar-refractivity contribution in [2.45, 2.75) is 19.9 Å². The van der Waals surface area contributed by atoms with Gasteiger partial charge in [0.15, 0.2) is 0 Å². The SMILES string of the molecule is CC(CO)C(C)NC(=O)c1cccc(C#N)c1. The van der Waals surface area contributed by atoms with Gasteiger partial charge in [0, 0.05) is 18.2 Å². The molecule has 0 spiro atoms. The maximum Gasteiger partial charge on any atom is 0.251 e. The first-order valence-corrected chi connectivity index (χ1v) is 5.50. The highest BCUT2D eigenvalue weighted by Crippen LogP contribution is 2.06. The van der Waals surface area contributed by atoms with Crippen molar-refractivity contribution in [3.63, 3.8) is 0 Å². The summed E-state index contributed by atoms with van der Waals surface area (Å²) in [7, 11) is 0. The highest BCUT2D eigenvalue weighted by atomic mass is 16.3. The van der Waals surface area contributed by atoms with E-state index in [1.165, 1.54) is 0 Å². The molecule has 1 amide bonds. The van der Waals surface area contributed by atoms with E-state index in [0.717, 1.165) is 0 Å². The molecule has 2 unspecified atom stereocenters. The minimum atomic E-state index is -0.227. The Kier molecular flexibility index (Phi) is 4.68. The molecule has 2 N–H and O–H groups in total. The van der Waals surface area contributed by atoms with E-state index in [-0.39, 0.29) is 24.5 Å². The lowest BCUT2D eigenvalue weighted by molar-refractivity contribution is 0.0916. The smallest absolute Gasteiger partial charge is 0.251 e. The summed E-state index contributed by atoms with van der Waals surface area (Å²) in [5.41, 5.74) is 0.918. The molecule has 0 bridgehead atoms. The van der Waals surface area contributed by atoms with Gasteiger partial charge in [0.1, 0.15) is 0 Å². The first kappa shape index (κ1) is 13.2. The predicted molar refractivity (Wildman–Crippen MR) is 64.3 cm³/mol. The summed E-state index contributed by atoms with van der Waals surface area (Å²) in [5.74, 6) is -0.229. The third-order valence-corrected chi connectivity index (χ3v) is 2.75. The summed E-state index contributed by atoms with van der Waals surface area (Å²) < 4.78 is 0. The maximum atomic E-state index is 11.8. The molecular weight excluding hydrogens is 216 g/mol. The molecule has 17 heavy (non-hydrogen) atoms. The van der Waals surface area contributed by atoms with Crippen LogP contribution in [0.3, 0.4) is 0 Å². The monoisotopic (exact) mass is 232 g/mol. The molecule has 0 saturated heterocycles. The zero-order valence-electron chi connectivity index (χ0n) is 9.97. The molecule has 0 heterocycles. The summed E-state index contributed by atoms with van der Waals surface area (Å²) in [4.78, 5) is 11.8. The zero-order chi connectivity index (χ0) is 12.8. The number of nitrogens with one attached hydrogen (secondary N) is 1. The molecule has 1 rings (SSSR count). The third kappa shape index (κ3) is 3.58. The van der Waals surface area contributed by atoms with Gasteiger partial charge in [-0.2, -0.15) is 5.26 Å². The van der Waals surface area contributed by atoms with Crippen molar-refractivity contribution in [3.8, 4) is 6.07 Å². The molecule has 0 radical (unpaired) electrons.